The van der Waals surface area contributed by atoms with Gasteiger partial charge >= 0.3 is 0 Å². The summed E-state index contributed by atoms with van der Waals surface area (Å²) in [6.07, 6.45) is 4.34. The largest absolute Gasteiger partial charge is 0.496 e. The second-order valence-electron chi connectivity index (χ2n) is 5.58. The highest BCUT2D eigenvalue weighted by molar-refractivity contribution is 5.40. The first-order valence-corrected chi connectivity index (χ1v) is 7.22. The van der Waals surface area contributed by atoms with E-state index in [-0.39, 0.29) is 0 Å². The molecule has 0 aliphatic heterocycles. The predicted molar refractivity (Wildman–Crippen MR) is 80.6 cm³/mol. The SMILES string of the molecule is CCC(C)CC(C)NCc1ncc(C)c(OC)c1C. The summed E-state index contributed by atoms with van der Waals surface area (Å²) in [6, 6.07) is 0.517. The van der Waals surface area contributed by atoms with Gasteiger partial charge in [0.25, 0.3) is 0 Å². The Labute approximate surface area is 117 Å². The van der Waals surface area contributed by atoms with Crippen molar-refractivity contribution in [1.29, 1.82) is 0 Å². The Morgan fingerprint density at radius 2 is 2.00 bits per heavy atom. The minimum absolute atomic E-state index is 0.517. The van der Waals surface area contributed by atoms with E-state index in [1.165, 1.54) is 12.8 Å². The monoisotopic (exact) mass is 264 g/mol. The van der Waals surface area contributed by atoms with Crippen molar-refractivity contribution in [3.63, 3.8) is 0 Å². The topological polar surface area (TPSA) is 34.2 Å². The first-order valence-electron chi connectivity index (χ1n) is 7.22. The third-order valence-electron chi connectivity index (χ3n) is 3.82. The van der Waals surface area contributed by atoms with Crippen molar-refractivity contribution in [3.05, 3.63) is 23.0 Å². The van der Waals surface area contributed by atoms with Gasteiger partial charge in [-0.1, -0.05) is 20.3 Å². The second kappa shape index (κ2) is 7.49. The zero-order valence-corrected chi connectivity index (χ0v) is 13.2. The number of aryl methyl sites for hydroxylation is 1. The number of ether oxygens (including phenoxy) is 1. The van der Waals surface area contributed by atoms with Gasteiger partial charge in [0.15, 0.2) is 0 Å². The Morgan fingerprint density at radius 1 is 1.32 bits per heavy atom. The molecule has 0 radical (unpaired) electrons. The lowest BCUT2D eigenvalue weighted by Gasteiger charge is -2.18. The van der Waals surface area contributed by atoms with Gasteiger partial charge in [0, 0.05) is 29.9 Å². The molecule has 1 N–H and O–H groups in total. The first-order chi connectivity index (χ1) is 8.99. The van der Waals surface area contributed by atoms with Gasteiger partial charge in [-0.05, 0) is 33.1 Å². The van der Waals surface area contributed by atoms with Gasteiger partial charge in [-0.2, -0.15) is 0 Å². The number of aromatic nitrogens is 1. The number of methoxy groups -OCH3 is 1. The van der Waals surface area contributed by atoms with Crippen molar-refractivity contribution in [1.82, 2.24) is 10.3 Å². The number of nitrogens with zero attached hydrogens (tertiary/aromatic N) is 1. The summed E-state index contributed by atoms with van der Waals surface area (Å²) in [4.78, 5) is 4.52. The van der Waals surface area contributed by atoms with Crippen molar-refractivity contribution < 1.29 is 4.74 Å². The second-order valence-corrected chi connectivity index (χ2v) is 5.58. The normalized spacial score (nSPS) is 14.2. The number of nitrogens with one attached hydrogen (secondary N) is 1. The van der Waals surface area contributed by atoms with Crippen molar-refractivity contribution in [2.45, 2.75) is 60.0 Å². The van der Waals surface area contributed by atoms with Gasteiger partial charge in [-0.3, -0.25) is 4.98 Å². The van der Waals surface area contributed by atoms with Crippen LogP contribution in [-0.2, 0) is 6.54 Å². The fraction of sp³-hybridized carbons (Fsp3) is 0.688. The summed E-state index contributed by atoms with van der Waals surface area (Å²) in [5, 5.41) is 3.56. The molecule has 1 aromatic rings. The molecular weight excluding hydrogens is 236 g/mol. The summed E-state index contributed by atoms with van der Waals surface area (Å²) >= 11 is 0. The third kappa shape index (κ3) is 4.50. The van der Waals surface area contributed by atoms with Gasteiger partial charge < -0.3 is 10.1 Å². The van der Waals surface area contributed by atoms with Crippen molar-refractivity contribution in [3.8, 4) is 5.75 Å². The van der Waals surface area contributed by atoms with Crippen LogP contribution < -0.4 is 10.1 Å². The molecular formula is C16H28N2O. The molecule has 1 aromatic heterocycles. The molecule has 0 saturated heterocycles. The molecule has 0 amide bonds. The van der Waals surface area contributed by atoms with E-state index in [0.717, 1.165) is 35.0 Å². The molecule has 0 fully saturated rings. The summed E-state index contributed by atoms with van der Waals surface area (Å²) < 4.78 is 5.44. The molecule has 0 bridgehead atoms. The summed E-state index contributed by atoms with van der Waals surface area (Å²) in [5.41, 5.74) is 3.32. The molecule has 19 heavy (non-hydrogen) atoms. The Bertz CT molecular complexity index is 404. The summed E-state index contributed by atoms with van der Waals surface area (Å²) in [5.74, 6) is 1.73. The van der Waals surface area contributed by atoms with E-state index in [1.54, 1.807) is 7.11 Å². The van der Waals surface area contributed by atoms with Crippen LogP contribution in [0.3, 0.4) is 0 Å². The molecule has 3 nitrogen and oxygen atoms in total. The van der Waals surface area contributed by atoms with Crippen LogP contribution in [0, 0.1) is 19.8 Å². The number of hydrogen-bond donors (Lipinski definition) is 1. The van der Waals surface area contributed by atoms with E-state index in [9.17, 15) is 0 Å². The van der Waals surface area contributed by atoms with Crippen LogP contribution in [0.5, 0.6) is 5.75 Å². The lowest BCUT2D eigenvalue weighted by atomic mass is 10.0. The zero-order valence-electron chi connectivity index (χ0n) is 13.2. The average molecular weight is 264 g/mol. The Hall–Kier alpha value is -1.09. The predicted octanol–water partition coefficient (Wildman–Crippen LogP) is 3.62. The minimum atomic E-state index is 0.517. The maximum absolute atomic E-state index is 5.44. The van der Waals surface area contributed by atoms with Gasteiger partial charge in [0.1, 0.15) is 5.75 Å². The van der Waals surface area contributed by atoms with E-state index >= 15 is 0 Å². The smallest absolute Gasteiger partial charge is 0.128 e. The highest BCUT2D eigenvalue weighted by atomic mass is 16.5. The highest BCUT2D eigenvalue weighted by Crippen LogP contribution is 2.23. The van der Waals surface area contributed by atoms with Crippen molar-refractivity contribution in [2.75, 3.05) is 7.11 Å². The van der Waals surface area contributed by atoms with Crippen LogP contribution in [-0.4, -0.2) is 18.1 Å². The molecule has 2 unspecified atom stereocenters. The molecule has 1 rings (SSSR count). The molecule has 1 heterocycles. The van der Waals surface area contributed by atoms with E-state index in [2.05, 4.69) is 38.0 Å². The Balaban J connectivity index is 2.63. The van der Waals surface area contributed by atoms with Crippen LogP contribution >= 0.6 is 0 Å². The molecule has 0 saturated carbocycles. The molecule has 0 aromatic carbocycles. The molecule has 0 spiro atoms. The van der Waals surface area contributed by atoms with Crippen molar-refractivity contribution >= 4 is 0 Å². The van der Waals surface area contributed by atoms with E-state index in [0.29, 0.717) is 6.04 Å². The van der Waals surface area contributed by atoms with Crippen LogP contribution in [0.1, 0.15) is 50.4 Å². The van der Waals surface area contributed by atoms with E-state index < -0.39 is 0 Å². The van der Waals surface area contributed by atoms with Gasteiger partial charge in [0.05, 0.1) is 12.8 Å². The molecule has 2 atom stereocenters. The fourth-order valence-electron chi connectivity index (χ4n) is 2.37. The maximum Gasteiger partial charge on any atom is 0.128 e. The maximum atomic E-state index is 5.44. The van der Waals surface area contributed by atoms with E-state index in [4.69, 9.17) is 4.74 Å². The fourth-order valence-corrected chi connectivity index (χ4v) is 2.37. The Morgan fingerprint density at radius 3 is 2.58 bits per heavy atom. The van der Waals surface area contributed by atoms with E-state index in [1.807, 2.05) is 13.1 Å². The van der Waals surface area contributed by atoms with Crippen molar-refractivity contribution in [2.24, 2.45) is 5.92 Å². The van der Waals surface area contributed by atoms with Crippen LogP contribution in [0.25, 0.3) is 0 Å². The lowest BCUT2D eigenvalue weighted by Crippen LogP contribution is -2.28. The Kier molecular flexibility index (Phi) is 6.29. The highest BCUT2D eigenvalue weighted by Gasteiger charge is 2.11. The zero-order chi connectivity index (χ0) is 14.4. The summed E-state index contributed by atoms with van der Waals surface area (Å²) in [6.45, 7) is 11.7. The van der Waals surface area contributed by atoms with Crippen LogP contribution in [0.15, 0.2) is 6.20 Å². The van der Waals surface area contributed by atoms with Gasteiger partial charge in [0.2, 0.25) is 0 Å². The number of pyridine rings is 1. The number of rotatable bonds is 7. The van der Waals surface area contributed by atoms with Crippen LogP contribution in [0.4, 0.5) is 0 Å². The third-order valence-corrected chi connectivity index (χ3v) is 3.82. The van der Waals surface area contributed by atoms with Crippen LogP contribution in [0.2, 0.25) is 0 Å². The molecule has 3 heteroatoms. The molecule has 0 aliphatic rings. The first kappa shape index (κ1) is 16.0. The number of hydrogen-bond acceptors (Lipinski definition) is 3. The molecule has 0 aliphatic carbocycles. The average Bonchev–Trinajstić information content (AvgIpc) is 2.38. The standard InChI is InChI=1S/C16H28N2O/c1-7-11(2)8-13(4)17-10-15-14(5)16(19-6)12(3)9-18-15/h9,11,13,17H,7-8,10H2,1-6H3. The quantitative estimate of drug-likeness (QED) is 0.816. The lowest BCUT2D eigenvalue weighted by molar-refractivity contribution is 0.400. The van der Waals surface area contributed by atoms with Gasteiger partial charge in [-0.15, -0.1) is 0 Å². The summed E-state index contributed by atoms with van der Waals surface area (Å²) in [7, 11) is 1.72. The molecule has 108 valence electrons. The van der Waals surface area contributed by atoms with Gasteiger partial charge in [-0.25, -0.2) is 0 Å². The minimum Gasteiger partial charge on any atom is -0.496 e.